The average Bonchev–Trinajstić information content (AvgIpc) is 2.59. The number of aryl methyl sites for hydroxylation is 1. The fourth-order valence-corrected chi connectivity index (χ4v) is 2.00. The maximum atomic E-state index is 11.8. The van der Waals surface area contributed by atoms with Crippen molar-refractivity contribution in [1.82, 2.24) is 10.3 Å². The van der Waals surface area contributed by atoms with Crippen molar-refractivity contribution in [3.63, 3.8) is 0 Å². The number of rotatable bonds is 6. The van der Waals surface area contributed by atoms with E-state index in [2.05, 4.69) is 33.6 Å². The van der Waals surface area contributed by atoms with Crippen LogP contribution in [-0.4, -0.2) is 29.9 Å². The number of carbonyl (C=O) groups excluding carboxylic acids is 1. The molecule has 6 nitrogen and oxygen atoms in total. The lowest BCUT2D eigenvalue weighted by atomic mass is 10.1. The molecule has 0 atom stereocenters. The van der Waals surface area contributed by atoms with Gasteiger partial charge in [-0.05, 0) is 36.2 Å². The molecule has 2 aromatic rings. The second kappa shape index (κ2) is 8.53. The van der Waals surface area contributed by atoms with Crippen LogP contribution in [0.3, 0.4) is 0 Å². The molecule has 0 bridgehead atoms. The third-order valence-electron chi connectivity index (χ3n) is 3.21. The molecule has 1 amide bonds. The van der Waals surface area contributed by atoms with Gasteiger partial charge in [0.2, 0.25) is 0 Å². The molecule has 0 aliphatic rings. The third kappa shape index (κ3) is 5.43. The van der Waals surface area contributed by atoms with Gasteiger partial charge in [-0.25, -0.2) is 0 Å². The van der Waals surface area contributed by atoms with Crippen molar-refractivity contribution < 1.29 is 4.79 Å². The van der Waals surface area contributed by atoms with Gasteiger partial charge in [0.05, 0.1) is 12.1 Å². The number of anilines is 1. The Morgan fingerprint density at radius 1 is 1.30 bits per heavy atom. The van der Waals surface area contributed by atoms with E-state index in [1.54, 1.807) is 18.3 Å². The smallest absolute Gasteiger partial charge is 0.252 e. The van der Waals surface area contributed by atoms with Crippen molar-refractivity contribution in [1.29, 1.82) is 0 Å². The van der Waals surface area contributed by atoms with Gasteiger partial charge in [0, 0.05) is 24.6 Å². The first-order valence-electron chi connectivity index (χ1n) is 7.53. The summed E-state index contributed by atoms with van der Waals surface area (Å²) >= 11 is 0. The lowest BCUT2D eigenvalue weighted by Crippen LogP contribution is -2.28. The molecule has 1 aromatic carbocycles. The highest BCUT2D eigenvalue weighted by Crippen LogP contribution is 2.10. The highest BCUT2D eigenvalue weighted by atomic mass is 16.1. The Labute approximate surface area is 135 Å². The molecule has 6 heteroatoms. The Morgan fingerprint density at radius 3 is 2.91 bits per heavy atom. The van der Waals surface area contributed by atoms with Gasteiger partial charge in [-0.15, -0.1) is 0 Å². The van der Waals surface area contributed by atoms with Crippen molar-refractivity contribution in [2.24, 2.45) is 10.7 Å². The van der Waals surface area contributed by atoms with E-state index in [1.807, 2.05) is 18.2 Å². The van der Waals surface area contributed by atoms with E-state index >= 15 is 0 Å². The molecule has 1 aromatic heterocycles. The van der Waals surface area contributed by atoms with E-state index in [0.29, 0.717) is 24.6 Å². The number of nitrogens with one attached hydrogen (secondary N) is 2. The number of aromatic nitrogens is 1. The summed E-state index contributed by atoms with van der Waals surface area (Å²) in [7, 11) is 0. The van der Waals surface area contributed by atoms with Crippen molar-refractivity contribution in [2.75, 3.05) is 18.4 Å². The number of pyridine rings is 1. The molecule has 120 valence electrons. The molecule has 0 fully saturated rings. The van der Waals surface area contributed by atoms with Gasteiger partial charge in [0.15, 0.2) is 5.96 Å². The summed E-state index contributed by atoms with van der Waals surface area (Å²) in [6.45, 7) is 2.91. The molecular weight excluding hydrogens is 290 g/mol. The number of guanidine groups is 1. The molecule has 0 radical (unpaired) electrons. The third-order valence-corrected chi connectivity index (χ3v) is 3.21. The molecule has 4 N–H and O–H groups in total. The van der Waals surface area contributed by atoms with Crippen LogP contribution in [0.1, 0.15) is 22.8 Å². The van der Waals surface area contributed by atoms with E-state index in [1.165, 1.54) is 11.8 Å². The Kier molecular flexibility index (Phi) is 6.11. The second-order valence-electron chi connectivity index (χ2n) is 4.94. The number of aliphatic imine (C=N–C) groups is 1. The molecule has 0 unspecified atom stereocenters. The summed E-state index contributed by atoms with van der Waals surface area (Å²) in [4.78, 5) is 19.9. The quantitative estimate of drug-likeness (QED) is 0.431. The summed E-state index contributed by atoms with van der Waals surface area (Å²) in [5.41, 5.74) is 8.50. The van der Waals surface area contributed by atoms with Crippen molar-refractivity contribution in [2.45, 2.75) is 13.3 Å². The summed E-state index contributed by atoms with van der Waals surface area (Å²) in [5.74, 6) is 0.157. The van der Waals surface area contributed by atoms with E-state index in [4.69, 9.17) is 5.73 Å². The molecule has 1 heterocycles. The number of hydrogen-bond acceptors (Lipinski definition) is 3. The number of benzene rings is 1. The van der Waals surface area contributed by atoms with Crippen LogP contribution in [0.4, 0.5) is 5.69 Å². The topological polar surface area (TPSA) is 92.4 Å². The van der Waals surface area contributed by atoms with Crippen LogP contribution < -0.4 is 16.4 Å². The number of hydrogen-bond donors (Lipinski definition) is 3. The summed E-state index contributed by atoms with van der Waals surface area (Å²) < 4.78 is 0. The highest BCUT2D eigenvalue weighted by molar-refractivity contribution is 5.94. The van der Waals surface area contributed by atoms with Crippen LogP contribution in [0.5, 0.6) is 0 Å². The van der Waals surface area contributed by atoms with Crippen molar-refractivity contribution in [3.8, 4) is 0 Å². The fourth-order valence-electron chi connectivity index (χ4n) is 2.00. The van der Waals surface area contributed by atoms with Crippen molar-refractivity contribution in [3.05, 3.63) is 59.9 Å². The zero-order chi connectivity index (χ0) is 16.5. The largest absolute Gasteiger partial charge is 0.370 e. The van der Waals surface area contributed by atoms with Crippen LogP contribution in [-0.2, 0) is 6.42 Å². The predicted molar refractivity (Wildman–Crippen MR) is 92.5 cm³/mol. The van der Waals surface area contributed by atoms with Gasteiger partial charge in [-0.3, -0.25) is 14.8 Å². The fraction of sp³-hybridized carbons (Fsp3) is 0.235. The number of amides is 1. The van der Waals surface area contributed by atoms with E-state index in [-0.39, 0.29) is 5.91 Å². The Bertz CT molecular complexity index is 670. The second-order valence-corrected chi connectivity index (χ2v) is 4.94. The van der Waals surface area contributed by atoms with Gasteiger partial charge in [0.25, 0.3) is 5.91 Å². The molecule has 0 spiro atoms. The van der Waals surface area contributed by atoms with Gasteiger partial charge in [-0.1, -0.05) is 19.1 Å². The van der Waals surface area contributed by atoms with Crippen LogP contribution >= 0.6 is 0 Å². The minimum atomic E-state index is -0.171. The number of nitrogens with zero attached hydrogens (tertiary/aromatic N) is 2. The Hall–Kier alpha value is -2.89. The minimum absolute atomic E-state index is 0.171. The summed E-state index contributed by atoms with van der Waals surface area (Å²) in [6, 6.07) is 11.4. The van der Waals surface area contributed by atoms with Gasteiger partial charge < -0.3 is 16.4 Å². The normalized spacial score (nSPS) is 11.1. The van der Waals surface area contributed by atoms with Crippen LogP contribution in [0.15, 0.2) is 53.8 Å². The first kappa shape index (κ1) is 16.5. The van der Waals surface area contributed by atoms with E-state index in [9.17, 15) is 4.79 Å². The molecule has 0 aliphatic carbocycles. The van der Waals surface area contributed by atoms with Crippen LogP contribution in [0, 0.1) is 0 Å². The maximum Gasteiger partial charge on any atom is 0.252 e. The Morgan fingerprint density at radius 2 is 2.17 bits per heavy atom. The zero-order valence-corrected chi connectivity index (χ0v) is 13.1. The predicted octanol–water partition coefficient (Wildman–Crippen LogP) is 1.80. The van der Waals surface area contributed by atoms with Crippen molar-refractivity contribution >= 4 is 17.6 Å². The molecule has 23 heavy (non-hydrogen) atoms. The zero-order valence-electron chi connectivity index (χ0n) is 13.1. The van der Waals surface area contributed by atoms with Crippen LogP contribution in [0.2, 0.25) is 0 Å². The first-order valence-corrected chi connectivity index (χ1v) is 7.53. The average molecular weight is 311 g/mol. The highest BCUT2D eigenvalue weighted by Gasteiger charge is 2.03. The summed E-state index contributed by atoms with van der Waals surface area (Å²) in [6.07, 6.45) is 4.11. The molecule has 0 saturated heterocycles. The number of carbonyl (C=O) groups is 1. The molecule has 0 aliphatic heterocycles. The van der Waals surface area contributed by atoms with E-state index < -0.39 is 0 Å². The van der Waals surface area contributed by atoms with Gasteiger partial charge in [-0.2, -0.15) is 0 Å². The molecule has 0 saturated carbocycles. The lowest BCUT2D eigenvalue weighted by molar-refractivity contribution is 0.0954. The minimum Gasteiger partial charge on any atom is -0.370 e. The summed E-state index contributed by atoms with van der Waals surface area (Å²) in [5, 5.41) is 5.81. The lowest BCUT2D eigenvalue weighted by Gasteiger charge is -2.07. The van der Waals surface area contributed by atoms with Crippen LogP contribution in [0.25, 0.3) is 0 Å². The molecular formula is C17H21N5O. The first-order chi connectivity index (χ1) is 11.2. The standard InChI is InChI=1S/C17H21N5O/c1-2-13-5-3-7-15(11-13)22-17(18)21-10-9-20-16(23)14-6-4-8-19-12-14/h3-8,11-12H,2,9-10H2,1H3,(H,20,23)(H3,18,21,22). The Balaban J connectivity index is 1.77. The van der Waals surface area contributed by atoms with Gasteiger partial charge in [0.1, 0.15) is 0 Å². The number of nitrogens with two attached hydrogens (primary N) is 1. The SMILES string of the molecule is CCc1cccc(NC(N)=NCCNC(=O)c2cccnc2)c1. The molecule has 2 rings (SSSR count). The monoisotopic (exact) mass is 311 g/mol. The maximum absolute atomic E-state index is 11.8. The van der Waals surface area contributed by atoms with E-state index in [0.717, 1.165) is 12.1 Å². The van der Waals surface area contributed by atoms with Gasteiger partial charge >= 0.3 is 0 Å².